The molecule has 2 aliphatic heterocycles. The molecule has 3 N–H and O–H groups in total. The number of carbonyl (C=O) groups is 2. The summed E-state index contributed by atoms with van der Waals surface area (Å²) in [4.78, 5) is 30.9. The molecule has 3 atom stereocenters. The van der Waals surface area contributed by atoms with Crippen molar-refractivity contribution in [3.05, 3.63) is 30.1 Å². The van der Waals surface area contributed by atoms with Crippen LogP contribution in [-0.4, -0.2) is 77.8 Å². The van der Waals surface area contributed by atoms with Gasteiger partial charge in [0.2, 0.25) is 5.91 Å². The molecule has 2 aliphatic rings. The summed E-state index contributed by atoms with van der Waals surface area (Å²) in [6.45, 7) is 3.57. The van der Waals surface area contributed by atoms with E-state index in [9.17, 15) is 14.7 Å². The number of aromatic nitrogens is 1. The van der Waals surface area contributed by atoms with Crippen molar-refractivity contribution in [2.24, 2.45) is 0 Å². The Morgan fingerprint density at radius 2 is 2.07 bits per heavy atom. The molecule has 0 bridgehead atoms. The van der Waals surface area contributed by atoms with E-state index in [1.807, 2.05) is 0 Å². The van der Waals surface area contributed by atoms with Gasteiger partial charge in [-0.05, 0) is 50.9 Å². The van der Waals surface area contributed by atoms with Gasteiger partial charge in [0.15, 0.2) is 0 Å². The number of carbonyl (C=O) groups excluding carboxylic acids is 2. The third-order valence-corrected chi connectivity index (χ3v) is 5.65. The van der Waals surface area contributed by atoms with Crippen LogP contribution in [0.1, 0.15) is 48.9 Å². The summed E-state index contributed by atoms with van der Waals surface area (Å²) < 4.78 is 5.90. The molecule has 0 aromatic carbocycles. The fraction of sp³-hybridized carbons (Fsp3) is 0.667. The Balaban J connectivity index is 1.39. The molecule has 0 spiro atoms. The first-order valence-corrected chi connectivity index (χ1v) is 10.6. The molecular formula is C21H32N4O4. The lowest BCUT2D eigenvalue weighted by atomic mass is 9.96. The molecule has 8 heteroatoms. The van der Waals surface area contributed by atoms with Crippen LogP contribution in [0.5, 0.6) is 0 Å². The number of nitrogens with one attached hydrogen (secondary N) is 2. The number of rotatable bonds is 8. The predicted octanol–water partition coefficient (Wildman–Crippen LogP) is 0.712. The summed E-state index contributed by atoms with van der Waals surface area (Å²) in [5.74, 6) is -0.263. The van der Waals surface area contributed by atoms with Crippen molar-refractivity contribution in [2.45, 2.75) is 56.8 Å². The highest BCUT2D eigenvalue weighted by Crippen LogP contribution is 2.22. The van der Waals surface area contributed by atoms with Crippen molar-refractivity contribution in [3.8, 4) is 0 Å². The van der Waals surface area contributed by atoms with Gasteiger partial charge in [-0.2, -0.15) is 0 Å². The number of aliphatic hydroxyl groups excluding tert-OH is 1. The standard InChI is InChI=1S/C21H32N4O4/c26-15-19-18(24-21(28)16-5-4-8-22-14-16)7-6-17(29-19)13-20(27)23-9-12-25-10-2-1-3-11-25/h4-5,8,14,17-19,26H,1-3,6-7,9-13,15H2,(H,23,27)(H,24,28)/t17-,18-,19+/m1/s1. The summed E-state index contributed by atoms with van der Waals surface area (Å²) in [6, 6.07) is 3.11. The Labute approximate surface area is 172 Å². The molecular weight excluding hydrogens is 372 g/mol. The average Bonchev–Trinajstić information content (AvgIpc) is 2.76. The maximum Gasteiger partial charge on any atom is 0.253 e. The van der Waals surface area contributed by atoms with Crippen molar-refractivity contribution in [3.63, 3.8) is 0 Å². The van der Waals surface area contributed by atoms with Gasteiger partial charge < -0.3 is 25.4 Å². The molecule has 0 radical (unpaired) electrons. The zero-order valence-electron chi connectivity index (χ0n) is 16.9. The average molecular weight is 405 g/mol. The van der Waals surface area contributed by atoms with Crippen LogP contribution in [0.3, 0.4) is 0 Å². The fourth-order valence-corrected chi connectivity index (χ4v) is 4.01. The van der Waals surface area contributed by atoms with Crippen molar-refractivity contribution in [1.82, 2.24) is 20.5 Å². The number of nitrogens with zero attached hydrogens (tertiary/aromatic N) is 2. The van der Waals surface area contributed by atoms with Gasteiger partial charge in [0.1, 0.15) is 6.10 Å². The lowest BCUT2D eigenvalue weighted by Crippen LogP contribution is -2.51. The van der Waals surface area contributed by atoms with E-state index < -0.39 is 6.10 Å². The third kappa shape index (κ3) is 6.76. The Bertz CT molecular complexity index is 651. The first-order chi connectivity index (χ1) is 14.2. The van der Waals surface area contributed by atoms with E-state index >= 15 is 0 Å². The van der Waals surface area contributed by atoms with Gasteiger partial charge in [0.05, 0.1) is 30.7 Å². The smallest absolute Gasteiger partial charge is 0.253 e. The first kappa shape index (κ1) is 21.7. The zero-order chi connectivity index (χ0) is 20.5. The minimum absolute atomic E-state index is 0.0263. The van der Waals surface area contributed by atoms with E-state index in [1.165, 1.54) is 25.5 Å². The van der Waals surface area contributed by atoms with Crippen molar-refractivity contribution in [1.29, 1.82) is 0 Å². The molecule has 0 aliphatic carbocycles. The zero-order valence-corrected chi connectivity index (χ0v) is 16.9. The molecule has 3 heterocycles. The lowest BCUT2D eigenvalue weighted by Gasteiger charge is -2.36. The molecule has 2 fully saturated rings. The van der Waals surface area contributed by atoms with Gasteiger partial charge in [-0.15, -0.1) is 0 Å². The van der Waals surface area contributed by atoms with Gasteiger partial charge in [0.25, 0.3) is 5.91 Å². The summed E-state index contributed by atoms with van der Waals surface area (Å²) in [7, 11) is 0. The van der Waals surface area contributed by atoms with Gasteiger partial charge in [-0.1, -0.05) is 6.42 Å². The third-order valence-electron chi connectivity index (χ3n) is 5.65. The molecule has 29 heavy (non-hydrogen) atoms. The molecule has 3 rings (SSSR count). The number of hydrogen-bond acceptors (Lipinski definition) is 6. The topological polar surface area (TPSA) is 104 Å². The molecule has 2 saturated heterocycles. The maximum absolute atomic E-state index is 12.3. The summed E-state index contributed by atoms with van der Waals surface area (Å²) in [6.07, 6.45) is 7.73. The summed E-state index contributed by atoms with van der Waals surface area (Å²) in [5.41, 5.74) is 0.472. The van der Waals surface area contributed by atoms with Crippen molar-refractivity contribution in [2.75, 3.05) is 32.8 Å². The van der Waals surface area contributed by atoms with E-state index in [1.54, 1.807) is 18.3 Å². The molecule has 0 saturated carbocycles. The van der Waals surface area contributed by atoms with Gasteiger partial charge >= 0.3 is 0 Å². The van der Waals surface area contributed by atoms with Crippen molar-refractivity contribution < 1.29 is 19.4 Å². The van der Waals surface area contributed by atoms with Crippen molar-refractivity contribution >= 4 is 11.8 Å². The minimum Gasteiger partial charge on any atom is -0.394 e. The van der Waals surface area contributed by atoms with Gasteiger partial charge in [-0.3, -0.25) is 14.6 Å². The number of hydrogen-bond donors (Lipinski definition) is 3. The minimum atomic E-state index is -0.518. The highest BCUT2D eigenvalue weighted by Gasteiger charge is 2.33. The Morgan fingerprint density at radius 1 is 1.24 bits per heavy atom. The lowest BCUT2D eigenvalue weighted by molar-refractivity contribution is -0.130. The van der Waals surface area contributed by atoms with E-state index in [0.717, 1.165) is 19.6 Å². The monoisotopic (exact) mass is 404 g/mol. The second kappa shape index (κ2) is 11.2. The van der Waals surface area contributed by atoms with Crippen LogP contribution in [0.25, 0.3) is 0 Å². The van der Waals surface area contributed by atoms with Crippen LogP contribution >= 0.6 is 0 Å². The van der Waals surface area contributed by atoms with E-state index in [-0.39, 0.29) is 37.0 Å². The Hall–Kier alpha value is -2.03. The number of aliphatic hydroxyl groups is 1. The van der Waals surface area contributed by atoms with E-state index in [2.05, 4.69) is 20.5 Å². The highest BCUT2D eigenvalue weighted by molar-refractivity contribution is 5.94. The first-order valence-electron chi connectivity index (χ1n) is 10.6. The Kier molecular flexibility index (Phi) is 8.39. The summed E-state index contributed by atoms with van der Waals surface area (Å²) >= 11 is 0. The Morgan fingerprint density at radius 3 is 2.79 bits per heavy atom. The highest BCUT2D eigenvalue weighted by atomic mass is 16.5. The van der Waals surface area contributed by atoms with Gasteiger partial charge in [-0.25, -0.2) is 0 Å². The van der Waals surface area contributed by atoms with Crippen LogP contribution in [0, 0.1) is 0 Å². The SMILES string of the molecule is O=C(C[C@H]1CC[C@@H](NC(=O)c2cccnc2)[C@H](CO)O1)NCCN1CCCCC1. The quantitative estimate of drug-likeness (QED) is 0.590. The maximum atomic E-state index is 12.3. The largest absolute Gasteiger partial charge is 0.394 e. The number of piperidine rings is 1. The number of pyridine rings is 1. The number of likely N-dealkylation sites (tertiary alicyclic amines) is 1. The fourth-order valence-electron chi connectivity index (χ4n) is 4.01. The van der Waals surface area contributed by atoms with Crippen LogP contribution < -0.4 is 10.6 Å². The normalized spacial score (nSPS) is 25.3. The van der Waals surface area contributed by atoms with Crippen LogP contribution in [0.2, 0.25) is 0 Å². The molecule has 0 unspecified atom stereocenters. The van der Waals surface area contributed by atoms with Crippen LogP contribution in [0.15, 0.2) is 24.5 Å². The molecule has 2 amide bonds. The predicted molar refractivity (Wildman–Crippen MR) is 108 cm³/mol. The number of amides is 2. The summed E-state index contributed by atoms with van der Waals surface area (Å²) in [5, 5.41) is 15.6. The van der Waals surface area contributed by atoms with Gasteiger partial charge in [0, 0.05) is 25.5 Å². The van der Waals surface area contributed by atoms with Crippen LogP contribution in [0.4, 0.5) is 0 Å². The van der Waals surface area contributed by atoms with E-state index in [4.69, 9.17) is 4.74 Å². The molecule has 8 nitrogen and oxygen atoms in total. The second-order valence-corrected chi connectivity index (χ2v) is 7.83. The van der Waals surface area contributed by atoms with E-state index in [0.29, 0.717) is 24.9 Å². The van der Waals surface area contributed by atoms with Crippen LogP contribution in [-0.2, 0) is 9.53 Å². The number of ether oxygens (including phenoxy) is 1. The second-order valence-electron chi connectivity index (χ2n) is 7.83. The molecule has 1 aromatic rings. The molecule has 160 valence electrons. The molecule has 1 aromatic heterocycles.